The molecule has 0 bridgehead atoms. The summed E-state index contributed by atoms with van der Waals surface area (Å²) in [7, 11) is 1.37. The van der Waals surface area contributed by atoms with Gasteiger partial charge in [-0.2, -0.15) is 0 Å². The summed E-state index contributed by atoms with van der Waals surface area (Å²) in [6, 6.07) is 5.39. The molecule has 96 valence electrons. The van der Waals surface area contributed by atoms with E-state index in [2.05, 4.69) is 0 Å². The number of carbonyl (C=O) groups excluding carboxylic acids is 2. The summed E-state index contributed by atoms with van der Waals surface area (Å²) in [5.74, 6) is -0.291. The average Bonchev–Trinajstić information content (AvgIpc) is 2.59. The number of nitrogens with zero attached hydrogens (tertiary/aromatic N) is 1. The number of ether oxygens (including phenoxy) is 1. The van der Waals surface area contributed by atoms with Crippen molar-refractivity contribution < 1.29 is 14.3 Å². The van der Waals surface area contributed by atoms with Crippen LogP contribution in [-0.2, 0) is 16.0 Å². The summed E-state index contributed by atoms with van der Waals surface area (Å²) in [6.07, 6.45) is 2.91. The zero-order valence-corrected chi connectivity index (χ0v) is 10.7. The number of hydrogen-bond donors (Lipinski definition) is 0. The molecule has 4 nitrogen and oxygen atoms in total. The number of fused-ring (bicyclic) bond motifs is 1. The van der Waals surface area contributed by atoms with Gasteiger partial charge in [-0.25, -0.2) is 4.79 Å². The smallest absolute Gasteiger partial charge is 0.337 e. The monoisotopic (exact) mass is 247 g/mol. The quantitative estimate of drug-likeness (QED) is 0.714. The first-order valence-electron chi connectivity index (χ1n) is 6.13. The highest BCUT2D eigenvalue weighted by atomic mass is 16.5. The van der Waals surface area contributed by atoms with Crippen molar-refractivity contribution in [2.75, 3.05) is 18.6 Å². The van der Waals surface area contributed by atoms with Crippen LogP contribution in [0.2, 0.25) is 0 Å². The van der Waals surface area contributed by atoms with Crippen molar-refractivity contribution in [3.8, 4) is 0 Å². The van der Waals surface area contributed by atoms with E-state index >= 15 is 0 Å². The minimum absolute atomic E-state index is 0.0453. The van der Waals surface area contributed by atoms with Crippen LogP contribution in [0.15, 0.2) is 18.2 Å². The molecule has 0 fully saturated rings. The van der Waals surface area contributed by atoms with Crippen LogP contribution in [0.1, 0.15) is 35.7 Å². The average molecular weight is 247 g/mol. The highest BCUT2D eigenvalue weighted by Gasteiger charge is 2.19. The van der Waals surface area contributed by atoms with Crippen LogP contribution in [0.4, 0.5) is 5.69 Å². The summed E-state index contributed by atoms with van der Waals surface area (Å²) >= 11 is 0. The molecule has 1 heterocycles. The van der Waals surface area contributed by atoms with Gasteiger partial charge in [-0.15, -0.1) is 0 Å². The van der Waals surface area contributed by atoms with Gasteiger partial charge in [0.05, 0.1) is 12.7 Å². The van der Waals surface area contributed by atoms with Crippen molar-refractivity contribution in [1.29, 1.82) is 0 Å². The van der Waals surface area contributed by atoms with Crippen LogP contribution in [0, 0.1) is 0 Å². The van der Waals surface area contributed by atoms with Crippen LogP contribution < -0.4 is 4.90 Å². The van der Waals surface area contributed by atoms with Crippen LogP contribution >= 0.6 is 0 Å². The van der Waals surface area contributed by atoms with Crippen molar-refractivity contribution in [2.24, 2.45) is 0 Å². The summed E-state index contributed by atoms with van der Waals surface area (Å²) in [6.45, 7) is 2.32. The van der Waals surface area contributed by atoms with Gasteiger partial charge in [-0.1, -0.05) is 0 Å². The van der Waals surface area contributed by atoms with Crippen molar-refractivity contribution in [3.05, 3.63) is 29.3 Å². The molecule has 0 atom stereocenters. The lowest BCUT2D eigenvalue weighted by Crippen LogP contribution is -2.29. The number of esters is 1. The van der Waals surface area contributed by atoms with Gasteiger partial charge in [-0.3, -0.25) is 4.79 Å². The van der Waals surface area contributed by atoms with E-state index in [1.807, 2.05) is 12.1 Å². The molecule has 0 aliphatic carbocycles. The molecule has 18 heavy (non-hydrogen) atoms. The molecule has 1 aromatic rings. The van der Waals surface area contributed by atoms with Crippen LogP contribution in [-0.4, -0.2) is 25.5 Å². The normalized spacial score (nSPS) is 14.7. The van der Waals surface area contributed by atoms with E-state index < -0.39 is 0 Å². The molecule has 0 saturated carbocycles. The summed E-state index contributed by atoms with van der Waals surface area (Å²) < 4.78 is 4.71. The number of carbonyl (C=O) groups is 2. The van der Waals surface area contributed by atoms with E-state index in [-0.39, 0.29) is 11.9 Å². The zero-order chi connectivity index (χ0) is 13.1. The molecule has 1 aliphatic rings. The van der Waals surface area contributed by atoms with E-state index in [9.17, 15) is 9.59 Å². The largest absolute Gasteiger partial charge is 0.465 e. The molecule has 0 unspecified atom stereocenters. The van der Waals surface area contributed by atoms with Gasteiger partial charge in [0.25, 0.3) is 0 Å². The van der Waals surface area contributed by atoms with Crippen LogP contribution in [0.3, 0.4) is 0 Å². The SMILES string of the molecule is COC(=O)c1ccc2c(c1)CCCCN2C(C)=O. The highest BCUT2D eigenvalue weighted by Crippen LogP contribution is 2.27. The van der Waals surface area contributed by atoms with E-state index in [0.717, 1.165) is 37.1 Å². The number of benzene rings is 1. The molecular formula is C14H17NO3. The third-order valence-corrected chi connectivity index (χ3v) is 3.25. The standard InChI is InChI=1S/C14H17NO3/c1-10(16)15-8-4-3-5-11-9-12(14(17)18-2)6-7-13(11)15/h6-7,9H,3-5,8H2,1-2H3. The third-order valence-electron chi connectivity index (χ3n) is 3.25. The minimum Gasteiger partial charge on any atom is -0.465 e. The molecule has 0 radical (unpaired) electrons. The number of anilines is 1. The maximum Gasteiger partial charge on any atom is 0.337 e. The van der Waals surface area contributed by atoms with Crippen LogP contribution in [0.5, 0.6) is 0 Å². The predicted octanol–water partition coefficient (Wildman–Crippen LogP) is 2.16. The lowest BCUT2D eigenvalue weighted by Gasteiger charge is -2.21. The van der Waals surface area contributed by atoms with Crippen molar-refractivity contribution >= 4 is 17.6 Å². The minimum atomic E-state index is -0.337. The lowest BCUT2D eigenvalue weighted by molar-refractivity contribution is -0.116. The predicted molar refractivity (Wildman–Crippen MR) is 68.7 cm³/mol. The van der Waals surface area contributed by atoms with Gasteiger partial charge in [0.2, 0.25) is 5.91 Å². The van der Waals surface area contributed by atoms with E-state index in [1.54, 1.807) is 17.9 Å². The molecule has 0 saturated heterocycles. The molecule has 0 aromatic heterocycles. The van der Waals surface area contributed by atoms with Crippen molar-refractivity contribution in [1.82, 2.24) is 0 Å². The Bertz CT molecular complexity index is 482. The topological polar surface area (TPSA) is 46.6 Å². The third kappa shape index (κ3) is 2.37. The second-order valence-corrected chi connectivity index (χ2v) is 4.46. The molecule has 2 rings (SSSR count). The molecule has 1 aromatic carbocycles. The first kappa shape index (κ1) is 12.6. The fourth-order valence-electron chi connectivity index (χ4n) is 2.33. The Kier molecular flexibility index (Phi) is 3.65. The van der Waals surface area contributed by atoms with E-state index in [4.69, 9.17) is 4.74 Å². The van der Waals surface area contributed by atoms with Crippen molar-refractivity contribution in [2.45, 2.75) is 26.2 Å². The maximum atomic E-state index is 11.6. The Labute approximate surface area is 107 Å². The highest BCUT2D eigenvalue weighted by molar-refractivity contribution is 5.94. The molecule has 4 heteroatoms. The summed E-state index contributed by atoms with van der Waals surface area (Å²) in [4.78, 5) is 24.9. The molecule has 0 spiro atoms. The summed E-state index contributed by atoms with van der Waals surface area (Å²) in [5, 5.41) is 0. The van der Waals surface area contributed by atoms with Gasteiger partial charge >= 0.3 is 5.97 Å². The van der Waals surface area contributed by atoms with Crippen LogP contribution in [0.25, 0.3) is 0 Å². The fourth-order valence-corrected chi connectivity index (χ4v) is 2.33. The van der Waals surface area contributed by atoms with Crippen molar-refractivity contribution in [3.63, 3.8) is 0 Å². The lowest BCUT2D eigenvalue weighted by atomic mass is 10.0. The first-order chi connectivity index (χ1) is 8.63. The number of amides is 1. The Hall–Kier alpha value is -1.84. The Morgan fingerprint density at radius 1 is 1.28 bits per heavy atom. The van der Waals surface area contributed by atoms with Gasteiger partial charge < -0.3 is 9.64 Å². The second kappa shape index (κ2) is 5.21. The van der Waals surface area contributed by atoms with Gasteiger partial charge in [0, 0.05) is 19.2 Å². The summed E-state index contributed by atoms with van der Waals surface area (Å²) in [5.41, 5.74) is 2.51. The van der Waals surface area contributed by atoms with Gasteiger partial charge in [0.15, 0.2) is 0 Å². The molecule has 0 N–H and O–H groups in total. The Balaban J connectivity index is 2.42. The number of rotatable bonds is 1. The zero-order valence-electron chi connectivity index (χ0n) is 10.7. The Morgan fingerprint density at radius 3 is 2.72 bits per heavy atom. The van der Waals surface area contributed by atoms with E-state index in [0.29, 0.717) is 5.56 Å². The van der Waals surface area contributed by atoms with Gasteiger partial charge in [0.1, 0.15) is 0 Å². The Morgan fingerprint density at radius 2 is 2.06 bits per heavy atom. The molecule has 1 amide bonds. The number of aryl methyl sites for hydroxylation is 1. The second-order valence-electron chi connectivity index (χ2n) is 4.46. The number of hydrogen-bond acceptors (Lipinski definition) is 3. The number of methoxy groups -OCH3 is 1. The molecular weight excluding hydrogens is 230 g/mol. The fraction of sp³-hybridized carbons (Fsp3) is 0.429. The van der Waals surface area contributed by atoms with E-state index in [1.165, 1.54) is 7.11 Å². The molecule has 1 aliphatic heterocycles. The maximum absolute atomic E-state index is 11.6. The first-order valence-corrected chi connectivity index (χ1v) is 6.13. The van der Waals surface area contributed by atoms with Gasteiger partial charge in [-0.05, 0) is 43.0 Å².